The van der Waals surface area contributed by atoms with E-state index in [4.69, 9.17) is 14.2 Å². The molecule has 0 N–H and O–H groups in total. The second-order valence-electron chi connectivity index (χ2n) is 5.35. The first-order valence-corrected chi connectivity index (χ1v) is 6.27. The molecule has 4 unspecified atom stereocenters. The van der Waals surface area contributed by atoms with E-state index in [0.717, 1.165) is 26.1 Å². The molecule has 100 valence electrons. The fourth-order valence-corrected chi connectivity index (χ4v) is 1.82. The van der Waals surface area contributed by atoms with Crippen LogP contribution in [0.2, 0.25) is 0 Å². The van der Waals surface area contributed by atoms with Gasteiger partial charge in [-0.15, -0.1) is 0 Å². The highest BCUT2D eigenvalue weighted by atomic mass is 16.6. The molecule has 2 rings (SSSR count). The topological polar surface area (TPSA) is 40.8 Å². The summed E-state index contributed by atoms with van der Waals surface area (Å²) in [6.45, 7) is 1.76. The lowest BCUT2D eigenvalue weighted by atomic mass is 10.2. The van der Waals surface area contributed by atoms with Crippen LogP contribution in [0.4, 0.5) is 0 Å². The Morgan fingerprint density at radius 1 is 0.941 bits per heavy atom. The SMILES string of the molecule is CN(C)C(CC1CO1)OC(CC1CO1)N(C)C. The minimum absolute atomic E-state index is 0.119. The normalized spacial score (nSPS) is 30.7. The highest BCUT2D eigenvalue weighted by Crippen LogP contribution is 2.23. The molecule has 0 saturated carbocycles. The monoisotopic (exact) mass is 244 g/mol. The second-order valence-corrected chi connectivity index (χ2v) is 5.35. The van der Waals surface area contributed by atoms with Crippen molar-refractivity contribution in [1.29, 1.82) is 0 Å². The summed E-state index contributed by atoms with van der Waals surface area (Å²) < 4.78 is 16.7. The van der Waals surface area contributed by atoms with Gasteiger partial charge in [-0.2, -0.15) is 0 Å². The highest BCUT2D eigenvalue weighted by Gasteiger charge is 2.33. The van der Waals surface area contributed by atoms with Crippen molar-refractivity contribution in [3.8, 4) is 0 Å². The Hall–Kier alpha value is -0.200. The number of nitrogens with zero attached hydrogens (tertiary/aromatic N) is 2. The number of epoxide rings is 2. The smallest absolute Gasteiger partial charge is 0.114 e. The third-order valence-electron chi connectivity index (χ3n) is 3.20. The number of rotatable bonds is 8. The van der Waals surface area contributed by atoms with Crippen LogP contribution >= 0.6 is 0 Å². The van der Waals surface area contributed by atoms with Gasteiger partial charge in [0, 0.05) is 12.8 Å². The third kappa shape index (κ3) is 4.52. The fraction of sp³-hybridized carbons (Fsp3) is 1.00. The molecule has 17 heavy (non-hydrogen) atoms. The van der Waals surface area contributed by atoms with Crippen LogP contribution in [-0.2, 0) is 14.2 Å². The van der Waals surface area contributed by atoms with Crippen LogP contribution in [0.1, 0.15) is 12.8 Å². The summed E-state index contributed by atoms with van der Waals surface area (Å²) in [4.78, 5) is 4.23. The van der Waals surface area contributed by atoms with Gasteiger partial charge in [0.25, 0.3) is 0 Å². The van der Waals surface area contributed by atoms with Gasteiger partial charge in [-0.1, -0.05) is 0 Å². The van der Waals surface area contributed by atoms with Crippen molar-refractivity contribution in [1.82, 2.24) is 9.80 Å². The maximum Gasteiger partial charge on any atom is 0.114 e. The van der Waals surface area contributed by atoms with Crippen LogP contribution in [0.5, 0.6) is 0 Å². The third-order valence-corrected chi connectivity index (χ3v) is 3.20. The molecular weight excluding hydrogens is 220 g/mol. The van der Waals surface area contributed by atoms with Crippen LogP contribution in [0.15, 0.2) is 0 Å². The number of hydrogen-bond acceptors (Lipinski definition) is 5. The highest BCUT2D eigenvalue weighted by molar-refractivity contribution is 4.77. The van der Waals surface area contributed by atoms with E-state index in [-0.39, 0.29) is 12.5 Å². The van der Waals surface area contributed by atoms with Gasteiger partial charge in [0.1, 0.15) is 12.5 Å². The zero-order valence-corrected chi connectivity index (χ0v) is 11.3. The summed E-state index contributed by atoms with van der Waals surface area (Å²) in [5.41, 5.74) is 0. The Morgan fingerprint density at radius 2 is 1.29 bits per heavy atom. The van der Waals surface area contributed by atoms with E-state index in [0.29, 0.717) is 12.2 Å². The minimum atomic E-state index is 0.119. The Balaban J connectivity index is 1.82. The van der Waals surface area contributed by atoms with Crippen molar-refractivity contribution in [3.05, 3.63) is 0 Å². The zero-order valence-electron chi connectivity index (χ0n) is 11.3. The molecule has 0 bridgehead atoms. The molecule has 2 fully saturated rings. The molecular formula is C12H24N2O3. The Kier molecular flexibility index (Phi) is 4.38. The van der Waals surface area contributed by atoms with Gasteiger partial charge in [-0.05, 0) is 28.2 Å². The van der Waals surface area contributed by atoms with Crippen LogP contribution < -0.4 is 0 Å². The summed E-state index contributed by atoms with van der Waals surface area (Å²) in [5, 5.41) is 0. The van der Waals surface area contributed by atoms with Crippen molar-refractivity contribution in [2.24, 2.45) is 0 Å². The molecule has 0 aromatic carbocycles. The van der Waals surface area contributed by atoms with Crippen LogP contribution in [0, 0.1) is 0 Å². The van der Waals surface area contributed by atoms with E-state index in [1.54, 1.807) is 0 Å². The van der Waals surface area contributed by atoms with E-state index in [1.807, 2.05) is 28.2 Å². The summed E-state index contributed by atoms with van der Waals surface area (Å²) in [6, 6.07) is 0. The lowest BCUT2D eigenvalue weighted by Crippen LogP contribution is -2.41. The molecule has 2 heterocycles. The molecule has 5 heteroatoms. The fourth-order valence-electron chi connectivity index (χ4n) is 1.82. The van der Waals surface area contributed by atoms with Gasteiger partial charge in [0.2, 0.25) is 0 Å². The summed E-state index contributed by atoms with van der Waals surface area (Å²) in [6.07, 6.45) is 2.92. The molecule has 4 atom stereocenters. The maximum absolute atomic E-state index is 6.17. The summed E-state index contributed by atoms with van der Waals surface area (Å²) in [7, 11) is 8.20. The van der Waals surface area contributed by atoms with Crippen LogP contribution in [0.25, 0.3) is 0 Å². The van der Waals surface area contributed by atoms with Gasteiger partial charge in [0.15, 0.2) is 0 Å². The van der Waals surface area contributed by atoms with Gasteiger partial charge in [-0.3, -0.25) is 9.80 Å². The van der Waals surface area contributed by atoms with Gasteiger partial charge < -0.3 is 14.2 Å². The van der Waals surface area contributed by atoms with Crippen molar-refractivity contribution < 1.29 is 14.2 Å². The molecule has 2 saturated heterocycles. The average molecular weight is 244 g/mol. The molecule has 0 amide bonds. The summed E-state index contributed by atoms with van der Waals surface area (Å²) in [5.74, 6) is 0. The standard InChI is InChI=1S/C12H24N2O3/c1-13(2)11(5-9-7-15-9)17-12(14(3)4)6-10-8-16-10/h9-12H,5-8H2,1-4H3. The lowest BCUT2D eigenvalue weighted by molar-refractivity contribution is -0.140. The second kappa shape index (κ2) is 5.63. The first-order valence-electron chi connectivity index (χ1n) is 6.27. The maximum atomic E-state index is 6.17. The van der Waals surface area contributed by atoms with Crippen molar-refractivity contribution >= 4 is 0 Å². The van der Waals surface area contributed by atoms with Crippen LogP contribution in [-0.4, -0.2) is 75.9 Å². The summed E-state index contributed by atoms with van der Waals surface area (Å²) >= 11 is 0. The Bertz CT molecular complexity index is 216. The van der Waals surface area contributed by atoms with E-state index < -0.39 is 0 Å². The molecule has 0 aromatic heterocycles. The average Bonchev–Trinajstić information content (AvgIpc) is 3.10. The first-order chi connectivity index (χ1) is 8.06. The minimum Gasteiger partial charge on any atom is -0.373 e. The van der Waals surface area contributed by atoms with Gasteiger partial charge >= 0.3 is 0 Å². The molecule has 2 aliphatic rings. The number of hydrogen-bond donors (Lipinski definition) is 0. The molecule has 2 aliphatic heterocycles. The molecule has 0 aliphatic carbocycles. The van der Waals surface area contributed by atoms with E-state index in [9.17, 15) is 0 Å². The van der Waals surface area contributed by atoms with Gasteiger partial charge in [0.05, 0.1) is 25.4 Å². The van der Waals surface area contributed by atoms with Crippen molar-refractivity contribution in [2.75, 3.05) is 41.4 Å². The van der Waals surface area contributed by atoms with E-state index in [1.165, 1.54) is 0 Å². The van der Waals surface area contributed by atoms with Crippen molar-refractivity contribution in [2.45, 2.75) is 37.5 Å². The van der Waals surface area contributed by atoms with Crippen LogP contribution in [0.3, 0.4) is 0 Å². The number of ether oxygens (including phenoxy) is 3. The molecule has 0 aromatic rings. The molecule has 5 nitrogen and oxygen atoms in total. The Morgan fingerprint density at radius 3 is 1.53 bits per heavy atom. The quantitative estimate of drug-likeness (QED) is 0.455. The zero-order chi connectivity index (χ0) is 12.4. The van der Waals surface area contributed by atoms with E-state index >= 15 is 0 Å². The predicted octanol–water partition coefficient (Wildman–Crippen LogP) is 0.356. The largest absolute Gasteiger partial charge is 0.373 e. The van der Waals surface area contributed by atoms with Crippen molar-refractivity contribution in [3.63, 3.8) is 0 Å². The first kappa shape index (κ1) is 13.2. The molecule has 0 spiro atoms. The van der Waals surface area contributed by atoms with Gasteiger partial charge in [-0.25, -0.2) is 0 Å². The lowest BCUT2D eigenvalue weighted by Gasteiger charge is -2.32. The van der Waals surface area contributed by atoms with E-state index in [2.05, 4.69) is 9.80 Å². The Labute approximate surface area is 104 Å². The predicted molar refractivity (Wildman–Crippen MR) is 64.7 cm³/mol. The molecule has 0 radical (unpaired) electrons.